The largest absolute Gasteiger partial charge is 0.506 e. The number of phenolic OH excluding ortho intramolecular Hbond substituents is 2. The Morgan fingerprint density at radius 3 is 1.35 bits per heavy atom. The Labute approximate surface area is 174 Å². The summed E-state index contributed by atoms with van der Waals surface area (Å²) < 4.78 is 82.7. The number of benzene rings is 2. The molecule has 11 heteroatoms. The van der Waals surface area contributed by atoms with E-state index in [-0.39, 0.29) is 0 Å². The third-order valence-electron chi connectivity index (χ3n) is 4.53. The number of aliphatic hydroxyl groups excluding tert-OH is 1. The predicted molar refractivity (Wildman–Crippen MR) is 105 cm³/mol. The van der Waals surface area contributed by atoms with Gasteiger partial charge in [0.05, 0.1) is 11.4 Å². The van der Waals surface area contributed by atoms with Crippen LogP contribution in [0.3, 0.4) is 0 Å². The van der Waals surface area contributed by atoms with Crippen molar-refractivity contribution in [3.8, 4) is 11.5 Å². The van der Waals surface area contributed by atoms with Crippen LogP contribution in [0.4, 0.5) is 37.7 Å². The minimum Gasteiger partial charge on any atom is -0.506 e. The number of halogens is 6. The lowest BCUT2D eigenvalue weighted by atomic mass is 9.72. The van der Waals surface area contributed by atoms with Gasteiger partial charge in [-0.25, -0.2) is 0 Å². The molecule has 0 spiro atoms. The van der Waals surface area contributed by atoms with Gasteiger partial charge in [0.1, 0.15) is 11.5 Å². The number of hydrogen-bond donors (Lipinski definition) is 5. The van der Waals surface area contributed by atoms with E-state index in [1.54, 1.807) is 0 Å². The van der Waals surface area contributed by atoms with Gasteiger partial charge in [-0.15, -0.1) is 0 Å². The fraction of sp³-hybridized carbons (Fsp3) is 0.400. The number of aromatic hydroxyl groups is 2. The third-order valence-corrected chi connectivity index (χ3v) is 4.53. The number of hydrogen-bond acceptors (Lipinski definition) is 5. The Hall–Kier alpha value is -2.82. The molecule has 2 rings (SSSR count). The van der Waals surface area contributed by atoms with Crippen LogP contribution in [0, 0.1) is 0 Å². The van der Waals surface area contributed by atoms with Gasteiger partial charge in [-0.1, -0.05) is 31.9 Å². The molecular weight excluding hydrogens is 430 g/mol. The van der Waals surface area contributed by atoms with Gasteiger partial charge in [-0.3, -0.25) is 0 Å². The van der Waals surface area contributed by atoms with Crippen molar-refractivity contribution in [1.82, 2.24) is 0 Å². The van der Waals surface area contributed by atoms with Crippen molar-refractivity contribution in [3.05, 3.63) is 47.5 Å². The van der Waals surface area contributed by atoms with Crippen molar-refractivity contribution in [1.29, 1.82) is 0 Å². The molecule has 0 aliphatic rings. The van der Waals surface area contributed by atoms with Crippen LogP contribution in [0.2, 0.25) is 0 Å². The van der Waals surface area contributed by atoms with Gasteiger partial charge in [-0.2, -0.15) is 26.3 Å². The first-order valence-electron chi connectivity index (χ1n) is 9.16. The molecule has 0 bridgehead atoms. The molecule has 0 atom stereocenters. The number of nitrogens with two attached hydrogens (primary N) is 2. The second-order valence-electron chi connectivity index (χ2n) is 6.72. The lowest BCUT2D eigenvalue weighted by molar-refractivity contribution is -0.288. The highest BCUT2D eigenvalue weighted by molar-refractivity contribution is 5.61. The second-order valence-corrected chi connectivity index (χ2v) is 6.72. The molecule has 31 heavy (non-hydrogen) atoms. The van der Waals surface area contributed by atoms with Crippen LogP contribution < -0.4 is 11.5 Å². The van der Waals surface area contributed by atoms with Crippen LogP contribution in [0.1, 0.15) is 37.3 Å². The van der Waals surface area contributed by atoms with Gasteiger partial charge in [0.15, 0.2) is 0 Å². The molecule has 0 amide bonds. The van der Waals surface area contributed by atoms with Crippen molar-refractivity contribution in [2.24, 2.45) is 0 Å². The van der Waals surface area contributed by atoms with Crippen molar-refractivity contribution in [2.45, 2.75) is 44.0 Å². The van der Waals surface area contributed by atoms with Crippen LogP contribution in [-0.2, 0) is 5.41 Å². The molecule has 0 fully saturated rings. The van der Waals surface area contributed by atoms with Crippen molar-refractivity contribution in [2.75, 3.05) is 18.1 Å². The van der Waals surface area contributed by atoms with Gasteiger partial charge in [0.25, 0.3) is 0 Å². The molecule has 2 aromatic rings. The molecule has 0 radical (unpaired) electrons. The molecular formula is C20H24F6N2O3. The zero-order chi connectivity index (χ0) is 24.0. The average Bonchev–Trinajstić information content (AvgIpc) is 2.64. The first kappa shape index (κ1) is 26.2. The van der Waals surface area contributed by atoms with E-state index in [0.717, 1.165) is 12.8 Å². The second kappa shape index (κ2) is 9.99. The smallest absolute Gasteiger partial charge is 0.411 e. The highest BCUT2D eigenvalue weighted by Crippen LogP contribution is 2.57. The lowest BCUT2D eigenvalue weighted by Gasteiger charge is -2.38. The Morgan fingerprint density at radius 2 is 1.13 bits per heavy atom. The highest BCUT2D eigenvalue weighted by Gasteiger charge is 2.72. The van der Waals surface area contributed by atoms with E-state index in [9.17, 15) is 36.6 Å². The topological polar surface area (TPSA) is 113 Å². The molecule has 0 saturated carbocycles. The summed E-state index contributed by atoms with van der Waals surface area (Å²) >= 11 is 0. The summed E-state index contributed by atoms with van der Waals surface area (Å²) in [5.41, 5.74) is 2.33. The molecule has 0 saturated heterocycles. The minimum atomic E-state index is -5.82. The molecule has 174 valence electrons. The first-order valence-corrected chi connectivity index (χ1v) is 9.16. The third kappa shape index (κ3) is 5.46. The van der Waals surface area contributed by atoms with Crippen LogP contribution in [-0.4, -0.2) is 34.3 Å². The van der Waals surface area contributed by atoms with Crippen LogP contribution in [0.5, 0.6) is 11.5 Å². The van der Waals surface area contributed by atoms with Crippen LogP contribution in [0.15, 0.2) is 36.4 Å². The Bertz CT molecular complexity index is 797. The summed E-state index contributed by atoms with van der Waals surface area (Å²) in [6.45, 7) is 2.48. The monoisotopic (exact) mass is 454 g/mol. The summed E-state index contributed by atoms with van der Waals surface area (Å²) in [4.78, 5) is 0. The zero-order valence-electron chi connectivity index (χ0n) is 16.6. The first-order chi connectivity index (χ1) is 14.2. The Balaban J connectivity index is 0.000000703. The van der Waals surface area contributed by atoms with Gasteiger partial charge >= 0.3 is 12.4 Å². The number of anilines is 2. The summed E-state index contributed by atoms with van der Waals surface area (Å²) in [5.74, 6) is -1.32. The predicted octanol–water partition coefficient (Wildman–Crippen LogP) is 4.84. The number of rotatable bonds is 5. The van der Waals surface area contributed by atoms with Crippen LogP contribution >= 0.6 is 0 Å². The maximum Gasteiger partial charge on any atom is 0.411 e. The summed E-state index contributed by atoms with van der Waals surface area (Å²) in [6, 6.07) is 3.05. The normalized spacial score (nSPS) is 12.3. The SMILES string of the molecule is CCCCCO.Nc1cc(C(c2ccc(O)c(N)c2)(C(F)(F)F)C(F)(F)F)ccc1O. The fourth-order valence-electron chi connectivity index (χ4n) is 2.92. The van der Waals surface area contributed by atoms with Crippen LogP contribution in [0.25, 0.3) is 0 Å². The van der Waals surface area contributed by atoms with Gasteiger partial charge in [0.2, 0.25) is 5.41 Å². The van der Waals surface area contributed by atoms with Crippen molar-refractivity contribution in [3.63, 3.8) is 0 Å². The van der Waals surface area contributed by atoms with Crippen molar-refractivity contribution >= 4 is 11.4 Å². The molecule has 7 N–H and O–H groups in total. The molecule has 5 nitrogen and oxygen atoms in total. The average molecular weight is 454 g/mol. The Kier molecular flexibility index (Phi) is 8.45. The molecule has 0 aliphatic heterocycles. The van der Waals surface area contributed by atoms with E-state index in [2.05, 4.69) is 6.92 Å². The van der Waals surface area contributed by atoms with E-state index in [4.69, 9.17) is 16.6 Å². The highest BCUT2D eigenvalue weighted by atomic mass is 19.4. The molecule has 0 unspecified atom stereocenters. The van der Waals surface area contributed by atoms with Gasteiger partial charge in [-0.05, 0) is 41.8 Å². The number of phenols is 2. The standard InChI is InChI=1S/C15H12F6N2O2.C5H12O/c16-14(17,18)13(15(19,20)21,7-1-3-11(24)9(22)5-7)8-2-4-12(25)10(23)6-8;1-2-3-4-5-6/h1-6,24-25H,22-23H2;6H,2-5H2,1H3. The summed E-state index contributed by atoms with van der Waals surface area (Å²) in [5, 5.41) is 26.8. The lowest BCUT2D eigenvalue weighted by Crippen LogP contribution is -2.54. The van der Waals surface area contributed by atoms with E-state index in [1.165, 1.54) is 6.42 Å². The van der Waals surface area contributed by atoms with E-state index >= 15 is 0 Å². The number of aliphatic hydroxyl groups is 1. The van der Waals surface area contributed by atoms with E-state index in [0.29, 0.717) is 43.0 Å². The van der Waals surface area contributed by atoms with E-state index < -0.39 is 51.8 Å². The minimum absolute atomic E-state index is 0.355. The zero-order valence-corrected chi connectivity index (χ0v) is 16.6. The molecule has 0 aromatic heterocycles. The fourth-order valence-corrected chi connectivity index (χ4v) is 2.92. The molecule has 0 aliphatic carbocycles. The molecule has 2 aromatic carbocycles. The maximum absolute atomic E-state index is 13.8. The Morgan fingerprint density at radius 1 is 0.742 bits per heavy atom. The van der Waals surface area contributed by atoms with Gasteiger partial charge < -0.3 is 26.8 Å². The summed E-state index contributed by atoms with van der Waals surface area (Å²) in [6.07, 6.45) is -8.32. The summed E-state index contributed by atoms with van der Waals surface area (Å²) in [7, 11) is 0. The number of unbranched alkanes of at least 4 members (excludes halogenated alkanes) is 2. The molecule has 0 heterocycles. The number of alkyl halides is 6. The van der Waals surface area contributed by atoms with E-state index in [1.807, 2.05) is 0 Å². The van der Waals surface area contributed by atoms with Gasteiger partial charge in [0, 0.05) is 6.61 Å². The number of nitrogen functional groups attached to an aromatic ring is 2. The quantitative estimate of drug-likeness (QED) is 0.192. The van der Waals surface area contributed by atoms with Crippen molar-refractivity contribution < 1.29 is 41.7 Å². The maximum atomic E-state index is 13.8.